The molecule has 0 aromatic heterocycles. The SMILES string of the molecule is Cc1ccccc1C1=N/C(=C/c2cc3c(cc2[N+](=O)[O-])OCO3)C(=O)O1. The molecule has 2 heterocycles. The highest BCUT2D eigenvalue weighted by Gasteiger charge is 2.28. The van der Waals surface area contributed by atoms with Crippen LogP contribution in [0.25, 0.3) is 6.08 Å². The maximum Gasteiger partial charge on any atom is 0.363 e. The van der Waals surface area contributed by atoms with Crippen molar-refractivity contribution >= 4 is 23.6 Å². The first-order valence-electron chi connectivity index (χ1n) is 7.69. The molecule has 130 valence electrons. The third-order valence-corrected chi connectivity index (χ3v) is 4.01. The molecule has 0 atom stereocenters. The lowest BCUT2D eigenvalue weighted by Crippen LogP contribution is -2.06. The monoisotopic (exact) mass is 352 g/mol. The molecule has 0 N–H and O–H groups in total. The van der Waals surface area contributed by atoms with Crippen LogP contribution in [0.3, 0.4) is 0 Å². The number of hydrogen-bond acceptors (Lipinski definition) is 7. The average molecular weight is 352 g/mol. The number of nitro benzene ring substituents is 1. The van der Waals surface area contributed by atoms with E-state index in [4.69, 9.17) is 14.2 Å². The van der Waals surface area contributed by atoms with Gasteiger partial charge in [0.25, 0.3) is 5.69 Å². The van der Waals surface area contributed by atoms with Gasteiger partial charge in [0, 0.05) is 5.56 Å². The van der Waals surface area contributed by atoms with E-state index in [2.05, 4.69) is 4.99 Å². The zero-order chi connectivity index (χ0) is 18.3. The number of carbonyl (C=O) groups is 1. The fraction of sp³-hybridized carbons (Fsp3) is 0.111. The molecule has 2 aliphatic rings. The summed E-state index contributed by atoms with van der Waals surface area (Å²) in [5.74, 6) is 0.159. The summed E-state index contributed by atoms with van der Waals surface area (Å²) in [5.41, 5.74) is 1.53. The largest absolute Gasteiger partial charge is 0.454 e. The molecule has 2 aromatic rings. The second kappa shape index (κ2) is 5.99. The van der Waals surface area contributed by atoms with E-state index in [1.807, 2.05) is 25.1 Å². The Balaban J connectivity index is 1.78. The van der Waals surface area contributed by atoms with E-state index in [9.17, 15) is 14.9 Å². The fourth-order valence-corrected chi connectivity index (χ4v) is 2.71. The molecule has 0 bridgehead atoms. The van der Waals surface area contributed by atoms with Crippen LogP contribution >= 0.6 is 0 Å². The average Bonchev–Trinajstić information content (AvgIpc) is 3.21. The molecule has 0 amide bonds. The van der Waals surface area contributed by atoms with Crippen molar-refractivity contribution in [3.8, 4) is 11.5 Å². The lowest BCUT2D eigenvalue weighted by molar-refractivity contribution is -0.385. The predicted molar refractivity (Wildman–Crippen MR) is 91.0 cm³/mol. The smallest absolute Gasteiger partial charge is 0.363 e. The Bertz CT molecular complexity index is 1010. The number of carbonyl (C=O) groups excluding carboxylic acids is 1. The van der Waals surface area contributed by atoms with E-state index in [0.717, 1.165) is 5.56 Å². The first-order chi connectivity index (χ1) is 12.5. The normalized spacial score (nSPS) is 16.6. The number of benzene rings is 2. The summed E-state index contributed by atoms with van der Waals surface area (Å²) in [7, 11) is 0. The molecule has 8 nitrogen and oxygen atoms in total. The van der Waals surface area contributed by atoms with Crippen LogP contribution in [0.2, 0.25) is 0 Å². The molecule has 2 aliphatic heterocycles. The van der Waals surface area contributed by atoms with Crippen molar-refractivity contribution in [2.45, 2.75) is 6.92 Å². The minimum absolute atomic E-state index is 0.00978. The highest BCUT2D eigenvalue weighted by atomic mass is 16.7. The van der Waals surface area contributed by atoms with Crippen molar-refractivity contribution < 1.29 is 23.9 Å². The van der Waals surface area contributed by atoms with Gasteiger partial charge in [-0.3, -0.25) is 10.1 Å². The Labute approximate surface area is 147 Å². The Kier molecular flexibility index (Phi) is 3.65. The first kappa shape index (κ1) is 15.8. The first-order valence-corrected chi connectivity index (χ1v) is 7.69. The molecular formula is C18H12N2O6. The van der Waals surface area contributed by atoms with Crippen molar-refractivity contribution in [2.24, 2.45) is 4.99 Å². The molecule has 8 heteroatoms. The summed E-state index contributed by atoms with van der Waals surface area (Å²) in [6, 6.07) is 10.0. The van der Waals surface area contributed by atoms with Crippen LogP contribution in [0.1, 0.15) is 16.7 Å². The lowest BCUT2D eigenvalue weighted by Gasteiger charge is -2.02. The Morgan fingerprint density at radius 2 is 1.92 bits per heavy atom. The number of ether oxygens (including phenoxy) is 3. The topological polar surface area (TPSA) is 100 Å². The zero-order valence-corrected chi connectivity index (χ0v) is 13.6. The molecular weight excluding hydrogens is 340 g/mol. The van der Waals surface area contributed by atoms with Gasteiger partial charge in [0.2, 0.25) is 12.7 Å². The van der Waals surface area contributed by atoms with E-state index >= 15 is 0 Å². The van der Waals surface area contributed by atoms with Gasteiger partial charge in [-0.2, -0.15) is 0 Å². The minimum atomic E-state index is -0.671. The summed E-state index contributed by atoms with van der Waals surface area (Å²) in [6.45, 7) is 1.86. The van der Waals surface area contributed by atoms with Crippen LogP contribution in [-0.2, 0) is 9.53 Å². The quantitative estimate of drug-likeness (QED) is 0.364. The van der Waals surface area contributed by atoms with Gasteiger partial charge in [0.05, 0.1) is 16.6 Å². The van der Waals surface area contributed by atoms with Gasteiger partial charge >= 0.3 is 5.97 Å². The molecule has 26 heavy (non-hydrogen) atoms. The van der Waals surface area contributed by atoms with Gasteiger partial charge in [0.15, 0.2) is 17.2 Å². The van der Waals surface area contributed by atoms with E-state index in [1.54, 1.807) is 6.07 Å². The van der Waals surface area contributed by atoms with Crippen molar-refractivity contribution in [1.82, 2.24) is 0 Å². The molecule has 0 radical (unpaired) electrons. The van der Waals surface area contributed by atoms with Crippen LogP contribution in [0.15, 0.2) is 47.1 Å². The van der Waals surface area contributed by atoms with Crippen LogP contribution in [0.4, 0.5) is 5.69 Å². The molecule has 4 rings (SSSR count). The summed E-state index contributed by atoms with van der Waals surface area (Å²) in [5, 5.41) is 11.3. The predicted octanol–water partition coefficient (Wildman–Crippen LogP) is 2.98. The number of aryl methyl sites for hydroxylation is 1. The lowest BCUT2D eigenvalue weighted by atomic mass is 10.1. The Morgan fingerprint density at radius 3 is 2.65 bits per heavy atom. The van der Waals surface area contributed by atoms with Gasteiger partial charge in [-0.25, -0.2) is 9.79 Å². The fourth-order valence-electron chi connectivity index (χ4n) is 2.71. The number of fused-ring (bicyclic) bond motifs is 1. The molecule has 0 aliphatic carbocycles. The van der Waals surface area contributed by atoms with Gasteiger partial charge < -0.3 is 14.2 Å². The maximum atomic E-state index is 12.2. The summed E-state index contributed by atoms with van der Waals surface area (Å²) in [6.07, 6.45) is 1.31. The Hall–Kier alpha value is -3.68. The second-order valence-electron chi connectivity index (χ2n) is 5.67. The molecule has 2 aromatic carbocycles. The van der Waals surface area contributed by atoms with Crippen LogP contribution in [0, 0.1) is 17.0 Å². The van der Waals surface area contributed by atoms with E-state index in [1.165, 1.54) is 18.2 Å². The minimum Gasteiger partial charge on any atom is -0.454 e. The highest BCUT2D eigenvalue weighted by Crippen LogP contribution is 2.39. The van der Waals surface area contributed by atoms with Crippen molar-refractivity contribution in [1.29, 1.82) is 0 Å². The third kappa shape index (κ3) is 2.67. The number of nitro groups is 1. The van der Waals surface area contributed by atoms with Crippen LogP contribution in [0.5, 0.6) is 11.5 Å². The summed E-state index contributed by atoms with van der Waals surface area (Å²) < 4.78 is 15.6. The molecule has 0 unspecified atom stereocenters. The number of aliphatic imine (C=N–C) groups is 1. The van der Waals surface area contributed by atoms with Crippen molar-refractivity contribution in [2.75, 3.05) is 6.79 Å². The van der Waals surface area contributed by atoms with E-state index in [-0.39, 0.29) is 35.4 Å². The van der Waals surface area contributed by atoms with Gasteiger partial charge in [-0.1, -0.05) is 18.2 Å². The summed E-state index contributed by atoms with van der Waals surface area (Å²) in [4.78, 5) is 27.1. The molecule has 0 fully saturated rings. The van der Waals surface area contributed by atoms with Crippen LogP contribution < -0.4 is 9.47 Å². The number of hydrogen-bond donors (Lipinski definition) is 0. The number of nitrogens with zero attached hydrogens (tertiary/aromatic N) is 2. The molecule has 0 saturated carbocycles. The standard InChI is InChI=1S/C18H12N2O6/c1-10-4-2-3-5-12(10)17-19-13(18(21)26-17)6-11-7-15-16(25-9-24-15)8-14(11)20(22)23/h2-8H,9H2,1H3/b13-6+. The van der Waals surface area contributed by atoms with Crippen molar-refractivity contribution in [3.05, 3.63) is 68.9 Å². The van der Waals surface area contributed by atoms with Gasteiger partial charge in [-0.05, 0) is 30.7 Å². The molecule has 0 saturated heterocycles. The molecule has 0 spiro atoms. The Morgan fingerprint density at radius 1 is 1.19 bits per heavy atom. The second-order valence-corrected chi connectivity index (χ2v) is 5.67. The number of rotatable bonds is 3. The van der Waals surface area contributed by atoms with Crippen LogP contribution in [-0.4, -0.2) is 23.6 Å². The van der Waals surface area contributed by atoms with Gasteiger partial charge in [-0.15, -0.1) is 0 Å². The van der Waals surface area contributed by atoms with E-state index < -0.39 is 10.9 Å². The highest BCUT2D eigenvalue weighted by molar-refractivity contribution is 6.13. The number of cyclic esters (lactones) is 1. The van der Waals surface area contributed by atoms with Crippen molar-refractivity contribution in [3.63, 3.8) is 0 Å². The van der Waals surface area contributed by atoms with Gasteiger partial charge in [0.1, 0.15) is 0 Å². The maximum absolute atomic E-state index is 12.2. The summed E-state index contributed by atoms with van der Waals surface area (Å²) >= 11 is 0. The third-order valence-electron chi connectivity index (χ3n) is 4.01. The number of esters is 1. The zero-order valence-electron chi connectivity index (χ0n) is 13.6. The van der Waals surface area contributed by atoms with E-state index in [0.29, 0.717) is 11.3 Å².